The molecule has 0 heterocycles. The monoisotopic (exact) mass is 188 g/mol. The Hall–Kier alpha value is -1.57. The van der Waals surface area contributed by atoms with Gasteiger partial charge in [0.15, 0.2) is 0 Å². The van der Waals surface area contributed by atoms with Crippen molar-refractivity contribution >= 4 is 12.0 Å². The SMILES string of the molecule is O=C(O)C1(/C=C/c2ccccc2)CC1. The van der Waals surface area contributed by atoms with Crippen LogP contribution in [0.5, 0.6) is 0 Å². The van der Waals surface area contributed by atoms with Crippen molar-refractivity contribution in [3.8, 4) is 0 Å². The largest absolute Gasteiger partial charge is 0.481 e. The van der Waals surface area contributed by atoms with E-state index in [-0.39, 0.29) is 0 Å². The fraction of sp³-hybridized carbons (Fsp3) is 0.250. The van der Waals surface area contributed by atoms with Gasteiger partial charge in [-0.25, -0.2) is 0 Å². The first-order valence-corrected chi connectivity index (χ1v) is 4.71. The minimum atomic E-state index is -0.704. The zero-order valence-corrected chi connectivity index (χ0v) is 7.81. The first kappa shape index (κ1) is 9.00. The van der Waals surface area contributed by atoms with Gasteiger partial charge in [-0.3, -0.25) is 4.79 Å². The number of aliphatic carboxylic acids is 1. The third-order valence-corrected chi connectivity index (χ3v) is 2.61. The van der Waals surface area contributed by atoms with Crippen molar-refractivity contribution in [2.75, 3.05) is 0 Å². The van der Waals surface area contributed by atoms with Crippen molar-refractivity contribution in [3.63, 3.8) is 0 Å². The number of carboxylic acids is 1. The van der Waals surface area contributed by atoms with Gasteiger partial charge in [0, 0.05) is 0 Å². The first-order chi connectivity index (χ1) is 6.73. The molecule has 2 nitrogen and oxygen atoms in total. The topological polar surface area (TPSA) is 37.3 Å². The Bertz CT molecular complexity index is 361. The summed E-state index contributed by atoms with van der Waals surface area (Å²) in [7, 11) is 0. The Balaban J connectivity index is 2.12. The lowest BCUT2D eigenvalue weighted by Gasteiger charge is -2.01. The van der Waals surface area contributed by atoms with Crippen molar-refractivity contribution in [3.05, 3.63) is 42.0 Å². The molecule has 2 heteroatoms. The molecule has 0 bridgehead atoms. The normalized spacial score (nSPS) is 18.3. The van der Waals surface area contributed by atoms with E-state index in [1.165, 1.54) is 0 Å². The molecule has 2 rings (SSSR count). The molecule has 0 unspecified atom stereocenters. The minimum Gasteiger partial charge on any atom is -0.481 e. The predicted molar refractivity (Wildman–Crippen MR) is 54.8 cm³/mol. The average Bonchev–Trinajstić information content (AvgIpc) is 2.97. The van der Waals surface area contributed by atoms with Crippen LogP contribution in [0.4, 0.5) is 0 Å². The van der Waals surface area contributed by atoms with Gasteiger partial charge in [-0.1, -0.05) is 42.5 Å². The predicted octanol–water partition coefficient (Wildman–Crippen LogP) is 2.56. The van der Waals surface area contributed by atoms with E-state index >= 15 is 0 Å². The summed E-state index contributed by atoms with van der Waals surface area (Å²) < 4.78 is 0. The molecule has 0 atom stereocenters. The number of carboxylic acid groups (broad SMARTS) is 1. The lowest BCUT2D eigenvalue weighted by Crippen LogP contribution is -2.10. The molecule has 1 aliphatic rings. The summed E-state index contributed by atoms with van der Waals surface area (Å²) in [5.41, 5.74) is 0.496. The molecule has 0 aliphatic heterocycles. The zero-order chi connectivity index (χ0) is 10.0. The fourth-order valence-electron chi connectivity index (χ4n) is 1.41. The van der Waals surface area contributed by atoms with Crippen LogP contribution in [0.1, 0.15) is 18.4 Å². The average molecular weight is 188 g/mol. The molecule has 72 valence electrons. The third-order valence-electron chi connectivity index (χ3n) is 2.61. The van der Waals surface area contributed by atoms with Crippen molar-refractivity contribution < 1.29 is 9.90 Å². The molecule has 1 fully saturated rings. The van der Waals surface area contributed by atoms with Gasteiger partial charge in [0.25, 0.3) is 0 Å². The Morgan fingerprint density at radius 1 is 1.29 bits per heavy atom. The summed E-state index contributed by atoms with van der Waals surface area (Å²) >= 11 is 0. The van der Waals surface area contributed by atoms with E-state index in [1.54, 1.807) is 0 Å². The van der Waals surface area contributed by atoms with E-state index in [0.29, 0.717) is 0 Å². The second-order valence-corrected chi connectivity index (χ2v) is 3.71. The van der Waals surface area contributed by atoms with Gasteiger partial charge < -0.3 is 5.11 Å². The highest BCUT2D eigenvalue weighted by molar-refractivity contribution is 5.81. The Morgan fingerprint density at radius 3 is 2.43 bits per heavy atom. The maximum absolute atomic E-state index is 10.9. The summed E-state index contributed by atoms with van der Waals surface area (Å²) in [5.74, 6) is -0.704. The van der Waals surface area contributed by atoms with Crippen LogP contribution >= 0.6 is 0 Å². The minimum absolute atomic E-state index is 0.560. The van der Waals surface area contributed by atoms with Crippen LogP contribution in [0.2, 0.25) is 0 Å². The molecular weight excluding hydrogens is 176 g/mol. The molecule has 1 N–H and O–H groups in total. The van der Waals surface area contributed by atoms with Gasteiger partial charge in [0.05, 0.1) is 5.41 Å². The van der Waals surface area contributed by atoms with Gasteiger partial charge in [-0.05, 0) is 18.4 Å². The van der Waals surface area contributed by atoms with Crippen LogP contribution in [0.3, 0.4) is 0 Å². The lowest BCUT2D eigenvalue weighted by atomic mass is 10.1. The molecule has 1 aromatic carbocycles. The molecule has 1 saturated carbocycles. The number of rotatable bonds is 3. The molecule has 1 aliphatic carbocycles. The highest BCUT2D eigenvalue weighted by atomic mass is 16.4. The van der Waals surface area contributed by atoms with E-state index in [4.69, 9.17) is 5.11 Å². The molecule has 0 aromatic heterocycles. The molecular formula is C12H12O2. The number of benzene rings is 1. The van der Waals surface area contributed by atoms with Crippen molar-refractivity contribution in [2.45, 2.75) is 12.8 Å². The Kier molecular flexibility index (Phi) is 2.12. The van der Waals surface area contributed by atoms with E-state index in [9.17, 15) is 4.79 Å². The second-order valence-electron chi connectivity index (χ2n) is 3.71. The maximum Gasteiger partial charge on any atom is 0.313 e. The highest BCUT2D eigenvalue weighted by Crippen LogP contribution is 2.47. The first-order valence-electron chi connectivity index (χ1n) is 4.71. The quantitative estimate of drug-likeness (QED) is 0.791. The van der Waals surface area contributed by atoms with Crippen LogP contribution in [0.25, 0.3) is 6.08 Å². The maximum atomic E-state index is 10.9. The van der Waals surface area contributed by atoms with Gasteiger partial charge in [0.2, 0.25) is 0 Å². The zero-order valence-electron chi connectivity index (χ0n) is 7.81. The van der Waals surface area contributed by atoms with Gasteiger partial charge >= 0.3 is 5.97 Å². The molecule has 0 radical (unpaired) electrons. The number of hydrogen-bond acceptors (Lipinski definition) is 1. The molecule has 1 aromatic rings. The summed E-state index contributed by atoms with van der Waals surface area (Å²) in [6.45, 7) is 0. The van der Waals surface area contributed by atoms with E-state index < -0.39 is 11.4 Å². The fourth-order valence-corrected chi connectivity index (χ4v) is 1.41. The van der Waals surface area contributed by atoms with Crippen LogP contribution in [0, 0.1) is 5.41 Å². The third kappa shape index (κ3) is 1.69. The highest BCUT2D eigenvalue weighted by Gasteiger charge is 2.47. The van der Waals surface area contributed by atoms with Crippen molar-refractivity contribution in [1.29, 1.82) is 0 Å². The van der Waals surface area contributed by atoms with Gasteiger partial charge in [-0.15, -0.1) is 0 Å². The smallest absolute Gasteiger partial charge is 0.313 e. The van der Waals surface area contributed by atoms with E-state index in [2.05, 4.69) is 0 Å². The number of carbonyl (C=O) groups is 1. The summed E-state index contributed by atoms with van der Waals surface area (Å²) in [6.07, 6.45) is 5.24. The standard InChI is InChI=1S/C12H12O2/c13-11(14)12(8-9-12)7-6-10-4-2-1-3-5-10/h1-7H,8-9H2,(H,13,14)/b7-6+. The molecule has 0 spiro atoms. The van der Waals surface area contributed by atoms with Crippen LogP contribution in [-0.2, 0) is 4.79 Å². The summed E-state index contributed by atoms with van der Waals surface area (Å²) in [4.78, 5) is 10.9. The van der Waals surface area contributed by atoms with E-state index in [0.717, 1.165) is 18.4 Å². The Labute approximate surface area is 82.9 Å². The van der Waals surface area contributed by atoms with Crippen molar-refractivity contribution in [1.82, 2.24) is 0 Å². The summed E-state index contributed by atoms with van der Waals surface area (Å²) in [5, 5.41) is 8.93. The molecule has 0 amide bonds. The van der Waals surface area contributed by atoms with Crippen LogP contribution < -0.4 is 0 Å². The number of hydrogen-bond donors (Lipinski definition) is 1. The van der Waals surface area contributed by atoms with Crippen LogP contribution in [-0.4, -0.2) is 11.1 Å². The second kappa shape index (κ2) is 3.29. The van der Waals surface area contributed by atoms with Crippen molar-refractivity contribution in [2.24, 2.45) is 5.41 Å². The molecule has 14 heavy (non-hydrogen) atoms. The summed E-state index contributed by atoms with van der Waals surface area (Å²) in [6, 6.07) is 9.77. The molecule has 0 saturated heterocycles. The van der Waals surface area contributed by atoms with Crippen LogP contribution in [0.15, 0.2) is 36.4 Å². The van der Waals surface area contributed by atoms with E-state index in [1.807, 2.05) is 42.5 Å². The van der Waals surface area contributed by atoms with Gasteiger partial charge in [-0.2, -0.15) is 0 Å². The lowest BCUT2D eigenvalue weighted by molar-refractivity contribution is -0.141. The Morgan fingerprint density at radius 2 is 1.93 bits per heavy atom. The van der Waals surface area contributed by atoms with Gasteiger partial charge in [0.1, 0.15) is 0 Å².